The van der Waals surface area contributed by atoms with Crippen LogP contribution >= 0.6 is 0 Å². The van der Waals surface area contributed by atoms with Crippen LogP contribution in [0.3, 0.4) is 0 Å². The molecule has 14 heteroatoms. The third kappa shape index (κ3) is 3.71. The third-order valence-corrected chi connectivity index (χ3v) is 6.60. The number of likely N-dealkylation sites (N-methyl/N-ethyl adjacent to an activating group) is 1. The number of hydrogen-bond acceptors (Lipinski definition) is 10. The molecule has 1 saturated heterocycles. The van der Waals surface area contributed by atoms with Gasteiger partial charge in [-0.25, -0.2) is 23.7 Å². The molecule has 2 N–H and O–H groups in total. The van der Waals surface area contributed by atoms with E-state index in [4.69, 9.17) is 9.26 Å². The first-order valence-corrected chi connectivity index (χ1v) is 11.8. The van der Waals surface area contributed by atoms with Gasteiger partial charge in [0.05, 0.1) is 60.5 Å². The summed E-state index contributed by atoms with van der Waals surface area (Å²) in [6.07, 6.45) is 3.13. The Hall–Kier alpha value is -4.30. The number of anilines is 2. The average molecular weight is 524 g/mol. The first kappa shape index (κ1) is 24.1. The van der Waals surface area contributed by atoms with Crippen molar-refractivity contribution in [3.63, 3.8) is 0 Å². The Morgan fingerprint density at radius 2 is 1.92 bits per heavy atom. The molecule has 2 atom stereocenters. The summed E-state index contributed by atoms with van der Waals surface area (Å²) < 4.78 is 41.6. The fraction of sp³-hybridized carbons (Fsp3) is 0.333. The number of ether oxygens (including phenoxy) is 1. The SMILES string of the molecule is CC1OCCn2ncc(Nc3nccc(-c4cccc(-c5cc(C6(O)C(=O)N(C)CC6(F)F)on5)n4)n3)c21. The van der Waals surface area contributed by atoms with Gasteiger partial charge in [-0.15, -0.1) is 0 Å². The van der Waals surface area contributed by atoms with Crippen molar-refractivity contribution in [1.82, 2.24) is 34.8 Å². The minimum Gasteiger partial charge on any atom is -0.370 e. The van der Waals surface area contributed by atoms with Gasteiger partial charge >= 0.3 is 5.92 Å². The van der Waals surface area contributed by atoms with E-state index < -0.39 is 29.7 Å². The molecule has 12 nitrogen and oxygen atoms in total. The second-order valence-electron chi connectivity index (χ2n) is 9.13. The molecular formula is C24H22F2N8O4. The van der Waals surface area contributed by atoms with Gasteiger partial charge in [-0.05, 0) is 25.1 Å². The third-order valence-electron chi connectivity index (χ3n) is 6.60. The van der Waals surface area contributed by atoms with E-state index in [-0.39, 0.29) is 17.5 Å². The summed E-state index contributed by atoms with van der Waals surface area (Å²) in [6.45, 7) is 2.25. The number of halogens is 2. The van der Waals surface area contributed by atoms with E-state index in [1.54, 1.807) is 36.7 Å². The smallest absolute Gasteiger partial charge is 0.309 e. The molecule has 2 aliphatic rings. The number of rotatable bonds is 5. The van der Waals surface area contributed by atoms with Crippen molar-refractivity contribution in [2.24, 2.45) is 0 Å². The van der Waals surface area contributed by atoms with Gasteiger partial charge in [0.1, 0.15) is 5.69 Å². The lowest BCUT2D eigenvalue weighted by molar-refractivity contribution is -0.179. The van der Waals surface area contributed by atoms with Crippen LogP contribution in [-0.4, -0.2) is 71.9 Å². The molecule has 1 amide bonds. The summed E-state index contributed by atoms with van der Waals surface area (Å²) in [4.78, 5) is 26.4. The largest absolute Gasteiger partial charge is 0.370 e. The summed E-state index contributed by atoms with van der Waals surface area (Å²) in [7, 11) is 1.18. The standard InChI is InChI=1S/C24H22F2N8O4/c1-13-20-18(11-28-34(20)8-9-37-13)31-22-27-7-6-16(30-22)14-4-3-5-15(29-14)17-10-19(38-32-17)24(36)21(35)33(2)12-23(24,25)26/h3-7,10-11,13,36H,8-9,12H2,1-2H3,(H,27,30,31). The van der Waals surface area contributed by atoms with Gasteiger partial charge in [-0.1, -0.05) is 11.2 Å². The number of aliphatic hydroxyl groups is 1. The van der Waals surface area contributed by atoms with Crippen molar-refractivity contribution in [1.29, 1.82) is 0 Å². The van der Waals surface area contributed by atoms with Gasteiger partial charge in [-0.3, -0.25) is 9.48 Å². The molecule has 0 aliphatic carbocycles. The van der Waals surface area contributed by atoms with Crippen LogP contribution in [0.5, 0.6) is 0 Å². The maximum absolute atomic E-state index is 14.5. The van der Waals surface area contributed by atoms with Crippen LogP contribution in [0, 0.1) is 0 Å². The maximum Gasteiger partial charge on any atom is 0.309 e. The van der Waals surface area contributed by atoms with Crippen molar-refractivity contribution in [3.8, 4) is 22.8 Å². The predicted molar refractivity (Wildman–Crippen MR) is 127 cm³/mol. The number of nitrogens with zero attached hydrogens (tertiary/aromatic N) is 7. The number of fused-ring (bicyclic) bond motifs is 1. The van der Waals surface area contributed by atoms with Crippen LogP contribution in [0.25, 0.3) is 22.8 Å². The van der Waals surface area contributed by atoms with Crippen molar-refractivity contribution in [2.45, 2.75) is 31.1 Å². The molecule has 0 spiro atoms. The van der Waals surface area contributed by atoms with Gasteiger partial charge in [0.25, 0.3) is 11.5 Å². The van der Waals surface area contributed by atoms with Crippen molar-refractivity contribution in [2.75, 3.05) is 25.5 Å². The number of amides is 1. The zero-order valence-corrected chi connectivity index (χ0v) is 20.3. The second-order valence-corrected chi connectivity index (χ2v) is 9.13. The zero-order valence-electron chi connectivity index (χ0n) is 20.3. The first-order valence-electron chi connectivity index (χ1n) is 11.8. The highest BCUT2D eigenvalue weighted by Crippen LogP contribution is 2.45. The minimum atomic E-state index is -3.76. The van der Waals surface area contributed by atoms with Gasteiger partial charge in [0, 0.05) is 19.3 Å². The highest BCUT2D eigenvalue weighted by atomic mass is 19.3. The van der Waals surface area contributed by atoms with Crippen molar-refractivity contribution < 1.29 is 27.9 Å². The quantitative estimate of drug-likeness (QED) is 0.400. The first-order chi connectivity index (χ1) is 18.2. The number of nitrogens with one attached hydrogen (secondary N) is 1. The van der Waals surface area contributed by atoms with E-state index >= 15 is 0 Å². The number of aromatic nitrogens is 6. The molecular weight excluding hydrogens is 502 g/mol. The molecule has 2 aliphatic heterocycles. The van der Waals surface area contributed by atoms with E-state index in [0.29, 0.717) is 30.5 Å². The molecule has 6 heterocycles. The van der Waals surface area contributed by atoms with Crippen molar-refractivity contribution in [3.05, 3.63) is 54.2 Å². The molecule has 6 rings (SSSR count). The Balaban J connectivity index is 1.28. The average Bonchev–Trinajstić information content (AvgIpc) is 3.59. The fourth-order valence-electron chi connectivity index (χ4n) is 4.66. The van der Waals surface area contributed by atoms with Crippen LogP contribution in [-0.2, 0) is 21.7 Å². The van der Waals surface area contributed by atoms with E-state index in [9.17, 15) is 18.7 Å². The summed E-state index contributed by atoms with van der Waals surface area (Å²) >= 11 is 0. The molecule has 0 bridgehead atoms. The molecule has 1 fully saturated rings. The highest BCUT2D eigenvalue weighted by Gasteiger charge is 2.68. The van der Waals surface area contributed by atoms with Crippen LogP contribution < -0.4 is 5.32 Å². The predicted octanol–water partition coefficient (Wildman–Crippen LogP) is 2.52. The topological polar surface area (TPSA) is 144 Å². The fourth-order valence-corrected chi connectivity index (χ4v) is 4.66. The zero-order chi connectivity index (χ0) is 26.7. The lowest BCUT2D eigenvalue weighted by Gasteiger charge is -2.22. The molecule has 0 radical (unpaired) electrons. The Labute approximate surface area is 214 Å². The Bertz CT molecular complexity index is 1540. The van der Waals surface area contributed by atoms with Gasteiger partial charge in [0.15, 0.2) is 5.76 Å². The lowest BCUT2D eigenvalue weighted by Crippen LogP contribution is -2.46. The number of likely N-dealkylation sites (tertiary alicyclic amines) is 1. The van der Waals surface area contributed by atoms with Crippen LogP contribution in [0.2, 0.25) is 0 Å². The highest BCUT2D eigenvalue weighted by molar-refractivity contribution is 5.89. The number of carbonyl (C=O) groups is 1. The summed E-state index contributed by atoms with van der Waals surface area (Å²) in [5.74, 6) is -5.27. The molecule has 196 valence electrons. The Morgan fingerprint density at radius 3 is 2.68 bits per heavy atom. The number of carbonyl (C=O) groups excluding carboxylic acids is 1. The molecule has 0 saturated carbocycles. The van der Waals surface area contributed by atoms with Gasteiger partial charge in [-0.2, -0.15) is 5.10 Å². The van der Waals surface area contributed by atoms with E-state index in [0.717, 1.165) is 22.3 Å². The Kier molecular flexibility index (Phi) is 5.47. The van der Waals surface area contributed by atoms with Crippen molar-refractivity contribution >= 4 is 17.5 Å². The molecule has 0 aromatic carbocycles. The monoisotopic (exact) mass is 524 g/mol. The summed E-state index contributed by atoms with van der Waals surface area (Å²) in [5.41, 5.74) is -0.245. The summed E-state index contributed by atoms with van der Waals surface area (Å²) in [6, 6.07) is 7.76. The Morgan fingerprint density at radius 1 is 1.16 bits per heavy atom. The maximum atomic E-state index is 14.5. The summed E-state index contributed by atoms with van der Waals surface area (Å²) in [5, 5.41) is 22.0. The lowest BCUT2D eigenvalue weighted by atomic mass is 9.95. The minimum absolute atomic E-state index is 0.0707. The number of alkyl halides is 2. The van der Waals surface area contributed by atoms with Gasteiger partial charge < -0.3 is 24.6 Å². The molecule has 4 aromatic heterocycles. The normalized spacial score (nSPS) is 22.5. The van der Waals surface area contributed by atoms with Crippen LogP contribution in [0.15, 0.2) is 47.2 Å². The number of pyridine rings is 1. The number of hydrogen-bond donors (Lipinski definition) is 2. The molecule has 38 heavy (non-hydrogen) atoms. The molecule has 4 aromatic rings. The van der Waals surface area contributed by atoms with Crippen LogP contribution in [0.1, 0.15) is 24.5 Å². The van der Waals surface area contributed by atoms with E-state index in [2.05, 4.69) is 30.5 Å². The van der Waals surface area contributed by atoms with Crippen LogP contribution in [0.4, 0.5) is 20.4 Å². The molecule has 2 unspecified atom stereocenters. The van der Waals surface area contributed by atoms with E-state index in [1.807, 2.05) is 11.6 Å². The second kappa shape index (κ2) is 8.63. The van der Waals surface area contributed by atoms with Gasteiger partial charge in [0.2, 0.25) is 5.95 Å². The van der Waals surface area contributed by atoms with E-state index in [1.165, 1.54) is 7.05 Å².